The van der Waals surface area contributed by atoms with Crippen LogP contribution < -0.4 is 10.6 Å². The van der Waals surface area contributed by atoms with Gasteiger partial charge in [-0.05, 0) is 55.5 Å². The second kappa shape index (κ2) is 7.86. The second-order valence-corrected chi connectivity index (χ2v) is 8.71. The lowest BCUT2D eigenvalue weighted by atomic mass is 9.84. The molecule has 2 fully saturated rings. The maximum atomic E-state index is 6.06. The topological polar surface area (TPSA) is 41.9 Å². The molecule has 0 amide bonds. The van der Waals surface area contributed by atoms with Gasteiger partial charge in [0, 0.05) is 29.7 Å². The van der Waals surface area contributed by atoms with Crippen LogP contribution in [0.3, 0.4) is 0 Å². The van der Waals surface area contributed by atoms with E-state index in [1.54, 1.807) is 0 Å². The van der Waals surface area contributed by atoms with Crippen molar-refractivity contribution in [2.75, 3.05) is 0 Å². The fourth-order valence-corrected chi connectivity index (χ4v) is 5.00. The minimum absolute atomic E-state index is 0.584. The molecule has 0 saturated carbocycles. The van der Waals surface area contributed by atoms with Gasteiger partial charge in [0.25, 0.3) is 0 Å². The molecular weight excluding hydrogens is 368 g/mol. The largest absolute Gasteiger partial charge is 0.322 e. The minimum Gasteiger partial charge on any atom is -0.322 e. The number of benzene rings is 2. The molecule has 2 aliphatic rings. The highest BCUT2D eigenvalue weighted by Crippen LogP contribution is 2.26. The Hall–Kier alpha value is -1.88. The van der Waals surface area contributed by atoms with Gasteiger partial charge in [0.1, 0.15) is 5.82 Å². The van der Waals surface area contributed by atoms with E-state index in [2.05, 4.69) is 51.6 Å². The number of hydrogen-bond acceptors (Lipinski definition) is 3. The second-order valence-electron chi connectivity index (χ2n) is 8.27. The van der Waals surface area contributed by atoms with Crippen LogP contribution in [0.4, 0.5) is 0 Å². The van der Waals surface area contributed by atoms with Gasteiger partial charge >= 0.3 is 0 Å². The van der Waals surface area contributed by atoms with E-state index in [4.69, 9.17) is 16.6 Å². The summed E-state index contributed by atoms with van der Waals surface area (Å²) in [5.41, 5.74) is 3.50. The maximum absolute atomic E-state index is 6.06. The Kier molecular flexibility index (Phi) is 5.10. The van der Waals surface area contributed by atoms with E-state index >= 15 is 0 Å². The SMILES string of the molecule is Clc1ccc(Cn2c(CNC3CC4CCCC(C3)N4)nc3ccccc32)cc1. The lowest BCUT2D eigenvalue weighted by Gasteiger charge is -2.40. The maximum Gasteiger partial charge on any atom is 0.124 e. The number of piperidine rings is 2. The number of para-hydroxylation sites is 2. The molecule has 3 aromatic rings. The van der Waals surface area contributed by atoms with Crippen molar-refractivity contribution in [3.8, 4) is 0 Å². The van der Waals surface area contributed by atoms with Crippen molar-refractivity contribution < 1.29 is 0 Å². The summed E-state index contributed by atoms with van der Waals surface area (Å²) in [4.78, 5) is 4.94. The first-order chi connectivity index (χ1) is 13.7. The summed E-state index contributed by atoms with van der Waals surface area (Å²) in [6.07, 6.45) is 6.49. The first-order valence-corrected chi connectivity index (χ1v) is 10.8. The summed E-state index contributed by atoms with van der Waals surface area (Å²) in [6.45, 7) is 1.62. The molecule has 2 saturated heterocycles. The molecule has 5 rings (SSSR count). The number of hydrogen-bond donors (Lipinski definition) is 2. The predicted molar refractivity (Wildman–Crippen MR) is 115 cm³/mol. The first-order valence-electron chi connectivity index (χ1n) is 10.4. The van der Waals surface area contributed by atoms with Crippen LogP contribution in [0.25, 0.3) is 11.0 Å². The van der Waals surface area contributed by atoms with E-state index < -0.39 is 0 Å². The Bertz CT molecular complexity index is 937. The van der Waals surface area contributed by atoms with Crippen LogP contribution in [-0.4, -0.2) is 27.7 Å². The monoisotopic (exact) mass is 394 g/mol. The molecule has 2 atom stereocenters. The highest BCUT2D eigenvalue weighted by molar-refractivity contribution is 6.30. The zero-order valence-electron chi connectivity index (χ0n) is 16.1. The minimum atomic E-state index is 0.584. The molecule has 4 nitrogen and oxygen atoms in total. The first kappa shape index (κ1) is 18.2. The number of rotatable bonds is 5. The summed E-state index contributed by atoms with van der Waals surface area (Å²) in [7, 11) is 0. The summed E-state index contributed by atoms with van der Waals surface area (Å²) >= 11 is 6.06. The fourth-order valence-electron chi connectivity index (χ4n) is 4.88. The van der Waals surface area contributed by atoms with Crippen molar-refractivity contribution in [2.45, 2.75) is 63.3 Å². The van der Waals surface area contributed by atoms with Crippen LogP contribution in [0.5, 0.6) is 0 Å². The number of nitrogens with zero attached hydrogens (tertiary/aromatic N) is 2. The van der Waals surface area contributed by atoms with Gasteiger partial charge in [0.05, 0.1) is 17.6 Å². The molecule has 0 radical (unpaired) electrons. The van der Waals surface area contributed by atoms with Gasteiger partial charge in [0.2, 0.25) is 0 Å². The van der Waals surface area contributed by atoms with Crippen LogP contribution in [-0.2, 0) is 13.1 Å². The van der Waals surface area contributed by atoms with Crippen LogP contribution >= 0.6 is 11.6 Å². The number of imidazole rings is 1. The molecule has 28 heavy (non-hydrogen) atoms. The molecule has 2 aliphatic heterocycles. The van der Waals surface area contributed by atoms with E-state index in [0.29, 0.717) is 18.1 Å². The molecule has 3 heterocycles. The van der Waals surface area contributed by atoms with Gasteiger partial charge in [-0.2, -0.15) is 0 Å². The normalized spacial score (nSPS) is 24.5. The number of nitrogens with one attached hydrogen (secondary N) is 2. The lowest BCUT2D eigenvalue weighted by Crippen LogP contribution is -2.53. The Morgan fingerprint density at radius 3 is 2.57 bits per heavy atom. The molecule has 1 aromatic heterocycles. The Balaban J connectivity index is 1.37. The Morgan fingerprint density at radius 1 is 1.04 bits per heavy atom. The van der Waals surface area contributed by atoms with E-state index in [1.807, 2.05) is 12.1 Å². The Labute approximate surface area is 171 Å². The number of aromatic nitrogens is 2. The third-order valence-electron chi connectivity index (χ3n) is 6.25. The van der Waals surface area contributed by atoms with E-state index in [9.17, 15) is 0 Å². The predicted octanol–water partition coefficient (Wildman–Crippen LogP) is 4.50. The van der Waals surface area contributed by atoms with Gasteiger partial charge in [-0.3, -0.25) is 0 Å². The number of halogens is 1. The zero-order chi connectivity index (χ0) is 18.9. The van der Waals surface area contributed by atoms with Crippen LogP contribution in [0.2, 0.25) is 5.02 Å². The highest BCUT2D eigenvalue weighted by Gasteiger charge is 2.31. The fraction of sp³-hybridized carbons (Fsp3) is 0.435. The van der Waals surface area contributed by atoms with Crippen molar-refractivity contribution in [1.29, 1.82) is 0 Å². The Morgan fingerprint density at radius 2 is 1.79 bits per heavy atom. The summed E-state index contributed by atoms with van der Waals surface area (Å²) in [5, 5.41) is 8.37. The highest BCUT2D eigenvalue weighted by atomic mass is 35.5. The van der Waals surface area contributed by atoms with Crippen molar-refractivity contribution in [3.05, 3.63) is 64.9 Å². The van der Waals surface area contributed by atoms with Crippen molar-refractivity contribution in [3.63, 3.8) is 0 Å². The van der Waals surface area contributed by atoms with E-state index in [1.165, 1.54) is 43.2 Å². The molecule has 146 valence electrons. The van der Waals surface area contributed by atoms with E-state index in [-0.39, 0.29) is 0 Å². The summed E-state index contributed by atoms with van der Waals surface area (Å²) in [6, 6.07) is 18.5. The smallest absolute Gasteiger partial charge is 0.124 e. The van der Waals surface area contributed by atoms with Gasteiger partial charge in [-0.1, -0.05) is 42.3 Å². The molecule has 0 aliphatic carbocycles. The molecule has 2 bridgehead atoms. The van der Waals surface area contributed by atoms with Crippen LogP contribution in [0.15, 0.2) is 48.5 Å². The van der Waals surface area contributed by atoms with Gasteiger partial charge in [0.15, 0.2) is 0 Å². The third kappa shape index (κ3) is 3.82. The van der Waals surface area contributed by atoms with E-state index in [0.717, 1.165) is 29.5 Å². The van der Waals surface area contributed by atoms with Crippen LogP contribution in [0, 0.1) is 0 Å². The molecule has 2 unspecified atom stereocenters. The van der Waals surface area contributed by atoms with Gasteiger partial charge in [-0.15, -0.1) is 0 Å². The van der Waals surface area contributed by atoms with Crippen molar-refractivity contribution >= 4 is 22.6 Å². The van der Waals surface area contributed by atoms with Gasteiger partial charge in [-0.25, -0.2) is 4.98 Å². The average Bonchev–Trinajstić information content (AvgIpc) is 3.05. The molecule has 5 heteroatoms. The van der Waals surface area contributed by atoms with Crippen LogP contribution in [0.1, 0.15) is 43.5 Å². The average molecular weight is 395 g/mol. The molecule has 2 aromatic carbocycles. The van der Waals surface area contributed by atoms with Crippen molar-refractivity contribution in [1.82, 2.24) is 20.2 Å². The lowest BCUT2D eigenvalue weighted by molar-refractivity contribution is 0.201. The molecule has 0 spiro atoms. The summed E-state index contributed by atoms with van der Waals surface area (Å²) < 4.78 is 2.34. The quantitative estimate of drug-likeness (QED) is 0.669. The van der Waals surface area contributed by atoms with Crippen molar-refractivity contribution in [2.24, 2.45) is 0 Å². The zero-order valence-corrected chi connectivity index (χ0v) is 16.8. The molecular formula is C23H27ClN4. The molecule has 2 N–H and O–H groups in total. The third-order valence-corrected chi connectivity index (χ3v) is 6.50. The number of fused-ring (bicyclic) bond motifs is 3. The van der Waals surface area contributed by atoms with Gasteiger partial charge < -0.3 is 15.2 Å². The summed E-state index contributed by atoms with van der Waals surface area (Å²) in [5.74, 6) is 1.11. The standard InChI is InChI=1S/C23H27ClN4/c24-17-10-8-16(9-11-17)15-28-22-7-2-1-6-21(22)27-23(28)14-25-20-12-18-4-3-5-19(13-20)26-18/h1-2,6-11,18-20,25-26H,3-5,12-15H2.